The van der Waals surface area contributed by atoms with Crippen LogP contribution >= 0.6 is 11.3 Å². The molecule has 0 atom stereocenters. The number of carboxylic acids is 1. The Hall–Kier alpha value is -1.88. The number of rotatable bonds is 7. The molecular formula is C15H17NO3S. The quantitative estimate of drug-likeness (QED) is 0.796. The van der Waals surface area contributed by atoms with Crippen LogP contribution < -0.4 is 4.74 Å². The standard InChI is InChI=1S/C15H17NO3S/c1-11-13(10-15(17)18)20-14(16-11)8-5-9-19-12-6-3-2-4-7-12/h2-4,6-7H,5,8-10H2,1H3,(H,17,18). The molecule has 0 unspecified atom stereocenters. The third-order valence-corrected chi connectivity index (χ3v) is 4.01. The van der Waals surface area contributed by atoms with Crippen molar-refractivity contribution < 1.29 is 14.6 Å². The van der Waals surface area contributed by atoms with E-state index >= 15 is 0 Å². The van der Waals surface area contributed by atoms with E-state index in [9.17, 15) is 4.79 Å². The average molecular weight is 291 g/mol. The number of carbonyl (C=O) groups is 1. The molecule has 0 saturated carbocycles. The van der Waals surface area contributed by atoms with Crippen molar-refractivity contribution in [2.45, 2.75) is 26.2 Å². The van der Waals surface area contributed by atoms with Gasteiger partial charge in [0.25, 0.3) is 0 Å². The molecule has 0 aliphatic heterocycles. The lowest BCUT2D eigenvalue weighted by Gasteiger charge is -2.04. The molecule has 20 heavy (non-hydrogen) atoms. The Bertz CT molecular complexity index is 566. The number of benzene rings is 1. The number of nitrogens with zero attached hydrogens (tertiary/aromatic N) is 1. The summed E-state index contributed by atoms with van der Waals surface area (Å²) in [6.45, 7) is 2.50. The Labute approximate surface area is 122 Å². The first-order valence-electron chi connectivity index (χ1n) is 6.50. The largest absolute Gasteiger partial charge is 0.494 e. The number of aliphatic carboxylic acids is 1. The van der Waals surface area contributed by atoms with Gasteiger partial charge in [-0.15, -0.1) is 11.3 Å². The fourth-order valence-electron chi connectivity index (χ4n) is 1.83. The Morgan fingerprint density at radius 1 is 1.35 bits per heavy atom. The zero-order valence-corrected chi connectivity index (χ0v) is 12.2. The van der Waals surface area contributed by atoms with Crippen LogP contribution in [0.2, 0.25) is 0 Å². The number of hydrogen-bond acceptors (Lipinski definition) is 4. The molecule has 1 N–H and O–H groups in total. The molecular weight excluding hydrogens is 274 g/mol. The number of para-hydroxylation sites is 1. The highest BCUT2D eigenvalue weighted by atomic mass is 32.1. The summed E-state index contributed by atoms with van der Waals surface area (Å²) in [6.07, 6.45) is 1.75. The smallest absolute Gasteiger partial charge is 0.308 e. The van der Waals surface area contributed by atoms with Crippen LogP contribution in [0.3, 0.4) is 0 Å². The van der Waals surface area contributed by atoms with Gasteiger partial charge in [0.1, 0.15) is 5.75 Å². The maximum absolute atomic E-state index is 10.7. The Morgan fingerprint density at radius 3 is 2.80 bits per heavy atom. The zero-order chi connectivity index (χ0) is 14.4. The Balaban J connectivity index is 1.78. The molecule has 106 valence electrons. The van der Waals surface area contributed by atoms with Gasteiger partial charge in [0.05, 0.1) is 23.7 Å². The summed E-state index contributed by atoms with van der Waals surface area (Å²) in [4.78, 5) is 16.0. The molecule has 0 spiro atoms. The van der Waals surface area contributed by atoms with E-state index < -0.39 is 5.97 Å². The van der Waals surface area contributed by atoms with Crippen molar-refractivity contribution in [3.05, 3.63) is 45.9 Å². The summed E-state index contributed by atoms with van der Waals surface area (Å²) in [5.41, 5.74) is 0.830. The Kier molecular flexibility index (Phi) is 5.12. The van der Waals surface area contributed by atoms with E-state index in [0.29, 0.717) is 6.61 Å². The molecule has 5 heteroatoms. The van der Waals surface area contributed by atoms with Crippen LogP contribution in [-0.2, 0) is 17.6 Å². The average Bonchev–Trinajstić information content (AvgIpc) is 2.76. The van der Waals surface area contributed by atoms with Gasteiger partial charge in [-0.25, -0.2) is 4.98 Å². The first-order chi connectivity index (χ1) is 9.65. The monoisotopic (exact) mass is 291 g/mol. The van der Waals surface area contributed by atoms with Crippen LogP contribution in [0.25, 0.3) is 0 Å². The molecule has 1 aromatic heterocycles. The van der Waals surface area contributed by atoms with Gasteiger partial charge in [-0.3, -0.25) is 4.79 Å². The second kappa shape index (κ2) is 7.05. The van der Waals surface area contributed by atoms with E-state index in [1.54, 1.807) is 0 Å². The van der Waals surface area contributed by atoms with Gasteiger partial charge in [0.2, 0.25) is 0 Å². The second-order valence-corrected chi connectivity index (χ2v) is 5.62. The first-order valence-corrected chi connectivity index (χ1v) is 7.31. The van der Waals surface area contributed by atoms with Crippen molar-refractivity contribution in [2.75, 3.05) is 6.61 Å². The number of ether oxygens (including phenoxy) is 1. The van der Waals surface area contributed by atoms with Crippen molar-refractivity contribution in [3.8, 4) is 5.75 Å². The van der Waals surface area contributed by atoms with Gasteiger partial charge in [0.15, 0.2) is 0 Å². The van der Waals surface area contributed by atoms with E-state index in [4.69, 9.17) is 9.84 Å². The van der Waals surface area contributed by atoms with Crippen molar-refractivity contribution >= 4 is 17.3 Å². The van der Waals surface area contributed by atoms with E-state index in [0.717, 1.165) is 34.2 Å². The normalized spacial score (nSPS) is 10.4. The predicted molar refractivity (Wildman–Crippen MR) is 78.4 cm³/mol. The topological polar surface area (TPSA) is 59.4 Å². The zero-order valence-electron chi connectivity index (χ0n) is 11.3. The summed E-state index contributed by atoms with van der Waals surface area (Å²) in [5, 5.41) is 9.78. The summed E-state index contributed by atoms with van der Waals surface area (Å²) in [5.74, 6) is 0.0603. The van der Waals surface area contributed by atoms with Gasteiger partial charge in [-0.2, -0.15) is 0 Å². The number of aromatic nitrogens is 1. The highest BCUT2D eigenvalue weighted by Gasteiger charge is 2.10. The second-order valence-electron chi connectivity index (χ2n) is 4.45. The predicted octanol–water partition coefficient (Wildman–Crippen LogP) is 3.09. The number of thiazole rings is 1. The number of aryl methyl sites for hydroxylation is 2. The minimum atomic E-state index is -0.810. The van der Waals surface area contributed by atoms with Crippen molar-refractivity contribution in [1.29, 1.82) is 0 Å². The third-order valence-electron chi connectivity index (χ3n) is 2.80. The highest BCUT2D eigenvalue weighted by Crippen LogP contribution is 2.20. The molecule has 2 aromatic rings. The van der Waals surface area contributed by atoms with Gasteiger partial charge in [-0.1, -0.05) is 18.2 Å². The first kappa shape index (κ1) is 14.5. The molecule has 0 amide bonds. The summed E-state index contributed by atoms with van der Waals surface area (Å²) < 4.78 is 5.61. The van der Waals surface area contributed by atoms with Crippen LogP contribution in [0.4, 0.5) is 0 Å². The van der Waals surface area contributed by atoms with Gasteiger partial charge in [-0.05, 0) is 25.5 Å². The molecule has 1 heterocycles. The molecule has 0 saturated heterocycles. The summed E-state index contributed by atoms with van der Waals surface area (Å²) >= 11 is 1.49. The number of hydrogen-bond donors (Lipinski definition) is 1. The van der Waals surface area contributed by atoms with Gasteiger partial charge < -0.3 is 9.84 Å². The van der Waals surface area contributed by atoms with Crippen LogP contribution in [0.1, 0.15) is 22.0 Å². The van der Waals surface area contributed by atoms with Crippen LogP contribution in [0, 0.1) is 6.92 Å². The van der Waals surface area contributed by atoms with E-state index in [-0.39, 0.29) is 6.42 Å². The highest BCUT2D eigenvalue weighted by molar-refractivity contribution is 7.11. The molecule has 0 radical (unpaired) electrons. The molecule has 2 rings (SSSR count). The third kappa shape index (κ3) is 4.35. The van der Waals surface area contributed by atoms with Gasteiger partial charge >= 0.3 is 5.97 Å². The molecule has 0 aliphatic rings. The van der Waals surface area contributed by atoms with E-state index in [1.165, 1.54) is 11.3 Å². The lowest BCUT2D eigenvalue weighted by Crippen LogP contribution is -1.99. The molecule has 0 fully saturated rings. The van der Waals surface area contributed by atoms with E-state index in [1.807, 2.05) is 37.3 Å². The van der Waals surface area contributed by atoms with E-state index in [2.05, 4.69) is 4.98 Å². The SMILES string of the molecule is Cc1nc(CCCOc2ccccc2)sc1CC(=O)O. The maximum atomic E-state index is 10.7. The Morgan fingerprint density at radius 2 is 2.10 bits per heavy atom. The minimum absolute atomic E-state index is 0.0595. The van der Waals surface area contributed by atoms with Crippen LogP contribution in [-0.4, -0.2) is 22.7 Å². The molecule has 4 nitrogen and oxygen atoms in total. The molecule has 0 bridgehead atoms. The maximum Gasteiger partial charge on any atom is 0.308 e. The lowest BCUT2D eigenvalue weighted by molar-refractivity contribution is -0.136. The van der Waals surface area contributed by atoms with Crippen molar-refractivity contribution in [3.63, 3.8) is 0 Å². The fraction of sp³-hybridized carbons (Fsp3) is 0.333. The minimum Gasteiger partial charge on any atom is -0.494 e. The lowest BCUT2D eigenvalue weighted by atomic mass is 10.3. The summed E-state index contributed by atoms with van der Waals surface area (Å²) in [6, 6.07) is 9.70. The van der Waals surface area contributed by atoms with Crippen molar-refractivity contribution in [1.82, 2.24) is 4.98 Å². The van der Waals surface area contributed by atoms with Crippen molar-refractivity contribution in [2.24, 2.45) is 0 Å². The fourth-order valence-corrected chi connectivity index (χ4v) is 2.93. The summed E-state index contributed by atoms with van der Waals surface area (Å²) in [7, 11) is 0. The van der Waals surface area contributed by atoms with Crippen LogP contribution in [0.15, 0.2) is 30.3 Å². The number of carboxylic acid groups (broad SMARTS) is 1. The van der Waals surface area contributed by atoms with Crippen LogP contribution in [0.5, 0.6) is 5.75 Å². The molecule has 1 aromatic carbocycles. The molecule has 0 aliphatic carbocycles. The van der Waals surface area contributed by atoms with Gasteiger partial charge in [0, 0.05) is 11.3 Å².